The predicted octanol–water partition coefficient (Wildman–Crippen LogP) is 3.10. The van der Waals surface area contributed by atoms with Crippen LogP contribution in [0.25, 0.3) is 5.65 Å². The van der Waals surface area contributed by atoms with E-state index in [1.807, 2.05) is 19.1 Å². The molecule has 0 atom stereocenters. The number of imidazole rings is 1. The van der Waals surface area contributed by atoms with Gasteiger partial charge in [-0.05, 0) is 30.7 Å². The number of anilines is 1. The van der Waals surface area contributed by atoms with Crippen LogP contribution in [0.5, 0.6) is 0 Å². The van der Waals surface area contributed by atoms with Crippen molar-refractivity contribution in [2.24, 2.45) is 0 Å². The molecule has 2 aromatic heterocycles. The maximum Gasteiger partial charge on any atom is 0.281 e. The van der Waals surface area contributed by atoms with Gasteiger partial charge >= 0.3 is 0 Å². The van der Waals surface area contributed by atoms with Crippen LogP contribution in [0.2, 0.25) is 5.15 Å². The monoisotopic (exact) mass is 321 g/mol. The van der Waals surface area contributed by atoms with Crippen molar-refractivity contribution in [1.82, 2.24) is 9.38 Å². The van der Waals surface area contributed by atoms with Gasteiger partial charge in [0, 0.05) is 6.20 Å². The number of hydrogen-bond acceptors (Lipinski definition) is 3. The first kappa shape index (κ1) is 13.9. The van der Waals surface area contributed by atoms with Gasteiger partial charge in [0.1, 0.15) is 5.65 Å². The topological polar surface area (TPSA) is 63.5 Å². The molecule has 2 heterocycles. The molecule has 0 unspecified atom stereocenters. The second kappa shape index (κ2) is 5.05. The molecule has 0 aliphatic rings. The van der Waals surface area contributed by atoms with E-state index in [-0.39, 0.29) is 10.2 Å². The molecule has 0 radical (unpaired) electrons. The number of halogens is 1. The fourth-order valence-electron chi connectivity index (χ4n) is 2.07. The number of pyridine rings is 1. The minimum Gasteiger partial charge on any atom is -0.288 e. The van der Waals surface area contributed by atoms with Crippen LogP contribution in [0.15, 0.2) is 53.7 Å². The Hall–Kier alpha value is -2.05. The highest BCUT2D eigenvalue weighted by Gasteiger charge is 2.24. The molecule has 108 valence electrons. The van der Waals surface area contributed by atoms with Crippen molar-refractivity contribution in [3.63, 3.8) is 0 Å². The zero-order valence-corrected chi connectivity index (χ0v) is 12.7. The number of para-hydroxylation sites is 1. The molecule has 0 saturated carbocycles. The first-order chi connectivity index (χ1) is 9.99. The van der Waals surface area contributed by atoms with Crippen LogP contribution in [-0.4, -0.2) is 17.8 Å². The molecule has 1 aromatic carbocycles. The molecule has 0 spiro atoms. The van der Waals surface area contributed by atoms with Gasteiger partial charge < -0.3 is 0 Å². The summed E-state index contributed by atoms with van der Waals surface area (Å²) in [5.74, 6) is 0. The van der Waals surface area contributed by atoms with E-state index >= 15 is 0 Å². The highest BCUT2D eigenvalue weighted by molar-refractivity contribution is 7.92. The van der Waals surface area contributed by atoms with Crippen LogP contribution in [0.4, 0.5) is 5.69 Å². The average molecular weight is 322 g/mol. The maximum atomic E-state index is 12.6. The molecular formula is C14H12ClN3O2S. The van der Waals surface area contributed by atoms with Crippen molar-refractivity contribution >= 4 is 33.0 Å². The van der Waals surface area contributed by atoms with E-state index in [4.69, 9.17) is 11.6 Å². The molecular weight excluding hydrogens is 310 g/mol. The van der Waals surface area contributed by atoms with Gasteiger partial charge in [0.25, 0.3) is 10.0 Å². The third-order valence-corrected chi connectivity index (χ3v) is 4.85. The second-order valence-corrected chi connectivity index (χ2v) is 6.51. The number of fused-ring (bicyclic) bond motifs is 1. The normalized spacial score (nSPS) is 11.7. The maximum absolute atomic E-state index is 12.6. The summed E-state index contributed by atoms with van der Waals surface area (Å²) < 4.78 is 29.2. The van der Waals surface area contributed by atoms with Crippen molar-refractivity contribution in [2.45, 2.75) is 11.9 Å². The van der Waals surface area contributed by atoms with Gasteiger partial charge in [-0.15, -0.1) is 0 Å². The minimum atomic E-state index is -3.83. The summed E-state index contributed by atoms with van der Waals surface area (Å²) in [6.45, 7) is 1.83. The van der Waals surface area contributed by atoms with Crippen LogP contribution in [0.3, 0.4) is 0 Å². The van der Waals surface area contributed by atoms with Gasteiger partial charge in [-0.25, -0.2) is 4.98 Å². The summed E-state index contributed by atoms with van der Waals surface area (Å²) in [6, 6.07) is 12.3. The van der Waals surface area contributed by atoms with E-state index < -0.39 is 10.0 Å². The Kier molecular flexibility index (Phi) is 3.35. The Bertz CT molecular complexity index is 919. The van der Waals surface area contributed by atoms with Crippen LogP contribution < -0.4 is 4.72 Å². The fraction of sp³-hybridized carbons (Fsp3) is 0.0714. The number of benzene rings is 1. The summed E-state index contributed by atoms with van der Waals surface area (Å²) >= 11 is 6.01. The van der Waals surface area contributed by atoms with Gasteiger partial charge in [-0.1, -0.05) is 35.9 Å². The smallest absolute Gasteiger partial charge is 0.281 e. The molecule has 3 aromatic rings. The zero-order valence-electron chi connectivity index (χ0n) is 11.1. The highest BCUT2D eigenvalue weighted by Crippen LogP contribution is 2.25. The molecule has 3 rings (SSSR count). The largest absolute Gasteiger partial charge is 0.288 e. The van der Waals surface area contributed by atoms with Crippen LogP contribution in [0, 0.1) is 6.92 Å². The number of nitrogens with one attached hydrogen (secondary N) is 1. The molecule has 21 heavy (non-hydrogen) atoms. The summed E-state index contributed by atoms with van der Waals surface area (Å²) in [6.07, 6.45) is 1.61. The molecule has 7 heteroatoms. The molecule has 0 fully saturated rings. The minimum absolute atomic E-state index is 0.0534. The molecule has 1 N–H and O–H groups in total. The number of nitrogens with zero attached hydrogens (tertiary/aromatic N) is 2. The number of aromatic nitrogens is 2. The van der Waals surface area contributed by atoms with Gasteiger partial charge in [0.15, 0.2) is 10.2 Å². The number of rotatable bonds is 3. The second-order valence-electron chi connectivity index (χ2n) is 4.56. The average Bonchev–Trinajstić information content (AvgIpc) is 2.77. The van der Waals surface area contributed by atoms with Gasteiger partial charge in [0.05, 0.1) is 5.69 Å². The molecule has 5 nitrogen and oxygen atoms in total. The fourth-order valence-corrected chi connectivity index (χ4v) is 3.84. The molecule has 0 aliphatic carbocycles. The Labute approximate surface area is 127 Å². The van der Waals surface area contributed by atoms with E-state index in [0.29, 0.717) is 11.3 Å². The molecule has 0 bridgehead atoms. The Morgan fingerprint density at radius 2 is 1.86 bits per heavy atom. The van der Waals surface area contributed by atoms with Crippen molar-refractivity contribution < 1.29 is 8.42 Å². The molecule has 0 amide bonds. The van der Waals surface area contributed by atoms with E-state index in [9.17, 15) is 8.42 Å². The van der Waals surface area contributed by atoms with Gasteiger partial charge in [-0.3, -0.25) is 9.12 Å². The van der Waals surface area contributed by atoms with Crippen molar-refractivity contribution in [1.29, 1.82) is 0 Å². The lowest BCUT2D eigenvalue weighted by Gasteiger charge is -2.10. The lowest BCUT2D eigenvalue weighted by atomic mass is 10.2. The number of hydrogen-bond donors (Lipinski definition) is 1. The van der Waals surface area contributed by atoms with Gasteiger partial charge in [0.2, 0.25) is 0 Å². The highest BCUT2D eigenvalue weighted by atomic mass is 35.5. The summed E-state index contributed by atoms with van der Waals surface area (Å²) in [5.41, 5.74) is 1.82. The van der Waals surface area contributed by atoms with Crippen molar-refractivity contribution in [3.05, 3.63) is 59.4 Å². The summed E-state index contributed by atoms with van der Waals surface area (Å²) in [4.78, 5) is 4.05. The lowest BCUT2D eigenvalue weighted by molar-refractivity contribution is 0.596. The number of sulfonamides is 1. The zero-order chi connectivity index (χ0) is 15.0. The molecule has 0 aliphatic heterocycles. The Balaban J connectivity index is 2.13. The lowest BCUT2D eigenvalue weighted by Crippen LogP contribution is -2.16. The van der Waals surface area contributed by atoms with E-state index in [1.54, 1.807) is 36.5 Å². The SMILES string of the molecule is Cc1ccccc1NS(=O)(=O)c1c(Cl)nc2ccccn12. The van der Waals surface area contributed by atoms with E-state index in [1.165, 1.54) is 4.40 Å². The molecule has 0 saturated heterocycles. The first-order valence-corrected chi connectivity index (χ1v) is 8.06. The standard InChI is InChI=1S/C14H12ClN3O2S/c1-10-6-2-3-7-11(10)17-21(19,20)14-13(15)16-12-8-4-5-9-18(12)14/h2-9,17H,1H3. The summed E-state index contributed by atoms with van der Waals surface area (Å²) in [5, 5.41) is -0.120. The Morgan fingerprint density at radius 3 is 2.62 bits per heavy atom. The van der Waals surface area contributed by atoms with Crippen LogP contribution in [-0.2, 0) is 10.0 Å². The van der Waals surface area contributed by atoms with Gasteiger partial charge in [-0.2, -0.15) is 8.42 Å². The van der Waals surface area contributed by atoms with Crippen LogP contribution in [0.1, 0.15) is 5.56 Å². The van der Waals surface area contributed by atoms with E-state index in [2.05, 4.69) is 9.71 Å². The van der Waals surface area contributed by atoms with Crippen molar-refractivity contribution in [3.8, 4) is 0 Å². The summed E-state index contributed by atoms with van der Waals surface area (Å²) in [7, 11) is -3.83. The predicted molar refractivity (Wildman–Crippen MR) is 82.2 cm³/mol. The number of aryl methyl sites for hydroxylation is 1. The third-order valence-electron chi connectivity index (χ3n) is 3.09. The van der Waals surface area contributed by atoms with E-state index in [0.717, 1.165) is 5.56 Å². The van der Waals surface area contributed by atoms with Crippen molar-refractivity contribution in [2.75, 3.05) is 4.72 Å². The first-order valence-electron chi connectivity index (χ1n) is 6.20. The quantitative estimate of drug-likeness (QED) is 0.806. The Morgan fingerprint density at radius 1 is 1.14 bits per heavy atom. The third kappa shape index (κ3) is 2.48. The van der Waals surface area contributed by atoms with Crippen LogP contribution >= 0.6 is 11.6 Å².